The Morgan fingerprint density at radius 3 is 2.72 bits per heavy atom. The number of ether oxygens (including phenoxy) is 2. The van der Waals surface area contributed by atoms with Crippen molar-refractivity contribution in [2.45, 2.75) is 24.4 Å². The number of fused-ring (bicyclic) bond motifs is 1. The summed E-state index contributed by atoms with van der Waals surface area (Å²) >= 11 is 1.41. The first-order valence-electron chi connectivity index (χ1n) is 9.86. The lowest BCUT2D eigenvalue weighted by atomic mass is 10.1. The van der Waals surface area contributed by atoms with Gasteiger partial charge < -0.3 is 19.0 Å². The molecule has 9 nitrogen and oxygen atoms in total. The average molecular weight is 452 g/mol. The summed E-state index contributed by atoms with van der Waals surface area (Å²) < 4.78 is 12.2. The predicted octanol–water partition coefficient (Wildman–Crippen LogP) is 3.29. The molecule has 0 unspecified atom stereocenters. The number of aromatic nitrogens is 5. The second-order valence-corrected chi connectivity index (χ2v) is 7.72. The van der Waals surface area contributed by atoms with Crippen LogP contribution in [0.3, 0.4) is 0 Å². The van der Waals surface area contributed by atoms with Gasteiger partial charge in [0, 0.05) is 6.54 Å². The molecule has 0 saturated carbocycles. The van der Waals surface area contributed by atoms with Gasteiger partial charge in [0.1, 0.15) is 11.6 Å². The summed E-state index contributed by atoms with van der Waals surface area (Å²) in [6.45, 7) is 2.67. The van der Waals surface area contributed by atoms with E-state index >= 15 is 0 Å². The molecule has 4 aromatic rings. The van der Waals surface area contributed by atoms with Gasteiger partial charge in [-0.25, -0.2) is 9.78 Å². The number of carbonyl (C=O) groups excluding carboxylic acids is 1. The van der Waals surface area contributed by atoms with Crippen LogP contribution in [0, 0.1) is 0 Å². The van der Waals surface area contributed by atoms with Crippen molar-refractivity contribution in [3.63, 3.8) is 0 Å². The highest BCUT2D eigenvalue weighted by molar-refractivity contribution is 7.98. The monoisotopic (exact) mass is 451 g/mol. The van der Waals surface area contributed by atoms with Gasteiger partial charge in [0.05, 0.1) is 42.0 Å². The highest BCUT2D eigenvalue weighted by atomic mass is 32.2. The van der Waals surface area contributed by atoms with Gasteiger partial charge in [-0.15, -0.1) is 10.2 Å². The van der Waals surface area contributed by atoms with Crippen LogP contribution >= 0.6 is 11.8 Å². The summed E-state index contributed by atoms with van der Waals surface area (Å²) in [4.78, 5) is 31.6. The number of thioether (sulfide) groups is 1. The van der Waals surface area contributed by atoms with Crippen LogP contribution in [0.4, 0.5) is 0 Å². The predicted molar refractivity (Wildman–Crippen MR) is 121 cm³/mol. The molecule has 10 heteroatoms. The van der Waals surface area contributed by atoms with Gasteiger partial charge >= 0.3 is 5.97 Å². The molecule has 2 aromatic carbocycles. The third kappa shape index (κ3) is 4.09. The van der Waals surface area contributed by atoms with Gasteiger partial charge in [0.2, 0.25) is 0 Å². The number of hydrogen-bond donors (Lipinski definition) is 1. The number of methoxy groups -OCH3 is 2. The fourth-order valence-corrected chi connectivity index (χ4v) is 4.22. The van der Waals surface area contributed by atoms with Gasteiger partial charge in [-0.2, -0.15) is 0 Å². The van der Waals surface area contributed by atoms with Gasteiger partial charge in [-0.05, 0) is 37.3 Å². The number of H-pyrrole nitrogens is 1. The molecule has 0 spiro atoms. The Balaban J connectivity index is 1.63. The second kappa shape index (κ2) is 9.23. The number of rotatable bonds is 7. The number of aromatic amines is 1. The molecule has 0 aliphatic heterocycles. The molecule has 0 saturated heterocycles. The fraction of sp³-hybridized carbons (Fsp3) is 0.227. The molecular formula is C22H21N5O4S. The number of benzene rings is 2. The zero-order chi connectivity index (χ0) is 22.7. The van der Waals surface area contributed by atoms with Crippen molar-refractivity contribution >= 4 is 28.6 Å². The summed E-state index contributed by atoms with van der Waals surface area (Å²) in [5.74, 6) is 1.78. The summed E-state index contributed by atoms with van der Waals surface area (Å²) in [5.41, 5.74) is 1.35. The first-order chi connectivity index (χ1) is 15.5. The Morgan fingerprint density at radius 1 is 1.16 bits per heavy atom. The van der Waals surface area contributed by atoms with Crippen LogP contribution < -0.4 is 10.3 Å². The van der Waals surface area contributed by atoms with Crippen LogP contribution in [0.2, 0.25) is 0 Å². The first kappa shape index (κ1) is 21.6. The largest absolute Gasteiger partial charge is 0.496 e. The molecule has 1 N–H and O–H groups in total. The van der Waals surface area contributed by atoms with Crippen molar-refractivity contribution in [2.24, 2.45) is 0 Å². The highest BCUT2D eigenvalue weighted by Gasteiger charge is 2.17. The molecule has 32 heavy (non-hydrogen) atoms. The second-order valence-electron chi connectivity index (χ2n) is 6.78. The van der Waals surface area contributed by atoms with Crippen LogP contribution in [-0.2, 0) is 17.0 Å². The number of para-hydroxylation sites is 1. The van der Waals surface area contributed by atoms with Gasteiger partial charge in [0.15, 0.2) is 11.0 Å². The van der Waals surface area contributed by atoms with Crippen molar-refractivity contribution in [3.05, 3.63) is 64.2 Å². The van der Waals surface area contributed by atoms with Crippen LogP contribution in [0.5, 0.6) is 5.75 Å². The van der Waals surface area contributed by atoms with Crippen LogP contribution in [0.1, 0.15) is 23.1 Å². The minimum atomic E-state index is -0.482. The molecule has 164 valence electrons. The molecule has 0 bridgehead atoms. The maximum absolute atomic E-state index is 12.5. The van der Waals surface area contributed by atoms with E-state index < -0.39 is 5.97 Å². The SMILES string of the molecule is CCn1c(SCc2nc3cc(C(=O)OC)ccc3c(=O)[nH]2)nnc1-c1ccccc1OC. The normalized spacial score (nSPS) is 11.0. The maximum Gasteiger partial charge on any atom is 0.337 e. The standard InChI is InChI=1S/C22H21N5O4S/c1-4-27-19(15-7-5-6-8-17(15)30-2)25-26-22(27)32-12-18-23-16-11-13(21(29)31-3)9-10-14(16)20(28)24-18/h5-11H,4,12H2,1-3H3,(H,23,24,28). The number of nitrogens with zero attached hydrogens (tertiary/aromatic N) is 4. The Kier molecular flexibility index (Phi) is 6.22. The number of carbonyl (C=O) groups is 1. The molecule has 0 radical (unpaired) electrons. The van der Waals surface area contributed by atoms with E-state index in [9.17, 15) is 9.59 Å². The zero-order valence-corrected chi connectivity index (χ0v) is 18.6. The van der Waals surface area contributed by atoms with E-state index in [2.05, 4.69) is 20.2 Å². The molecule has 0 aliphatic rings. The minimum absolute atomic E-state index is 0.270. The molecule has 0 atom stereocenters. The molecular weight excluding hydrogens is 430 g/mol. The molecule has 2 aromatic heterocycles. The van der Waals surface area contributed by atoms with Crippen molar-refractivity contribution in [1.29, 1.82) is 0 Å². The lowest BCUT2D eigenvalue weighted by Gasteiger charge is -2.10. The lowest BCUT2D eigenvalue weighted by molar-refractivity contribution is 0.0601. The quantitative estimate of drug-likeness (QED) is 0.337. The van der Waals surface area contributed by atoms with Crippen LogP contribution in [-0.4, -0.2) is 44.9 Å². The topological polar surface area (TPSA) is 112 Å². The van der Waals surface area contributed by atoms with Crippen LogP contribution in [0.15, 0.2) is 52.4 Å². The van der Waals surface area contributed by atoms with Gasteiger partial charge in [0.25, 0.3) is 5.56 Å². The van der Waals surface area contributed by atoms with Crippen molar-refractivity contribution in [3.8, 4) is 17.1 Å². The molecule has 2 heterocycles. The lowest BCUT2D eigenvalue weighted by Crippen LogP contribution is -2.12. The van der Waals surface area contributed by atoms with E-state index in [0.29, 0.717) is 51.3 Å². The number of nitrogens with one attached hydrogen (secondary N) is 1. The summed E-state index contributed by atoms with van der Waals surface area (Å²) in [6, 6.07) is 12.3. The third-order valence-corrected chi connectivity index (χ3v) is 5.87. The summed E-state index contributed by atoms with van der Waals surface area (Å²) in [6.07, 6.45) is 0. The van der Waals surface area contributed by atoms with Gasteiger partial charge in [-0.1, -0.05) is 23.9 Å². The zero-order valence-electron chi connectivity index (χ0n) is 17.8. The fourth-order valence-electron chi connectivity index (χ4n) is 3.34. The summed E-state index contributed by atoms with van der Waals surface area (Å²) in [5, 5.41) is 9.78. The number of esters is 1. The van der Waals surface area contributed by atoms with Crippen LogP contribution in [0.25, 0.3) is 22.3 Å². The third-order valence-electron chi connectivity index (χ3n) is 4.90. The molecule has 0 amide bonds. The van der Waals surface area contributed by atoms with E-state index in [1.807, 2.05) is 35.8 Å². The maximum atomic E-state index is 12.5. The van der Waals surface area contributed by atoms with Crippen molar-refractivity contribution in [2.75, 3.05) is 14.2 Å². The first-order valence-corrected chi connectivity index (χ1v) is 10.8. The summed E-state index contributed by atoms with van der Waals surface area (Å²) in [7, 11) is 2.93. The minimum Gasteiger partial charge on any atom is -0.496 e. The van der Waals surface area contributed by atoms with Gasteiger partial charge in [-0.3, -0.25) is 4.79 Å². The Bertz CT molecular complexity index is 1350. The molecule has 4 rings (SSSR count). The van der Waals surface area contributed by atoms with E-state index in [1.54, 1.807) is 25.3 Å². The Morgan fingerprint density at radius 2 is 1.97 bits per heavy atom. The average Bonchev–Trinajstić information content (AvgIpc) is 3.24. The van der Waals surface area contributed by atoms with Crippen molar-refractivity contribution < 1.29 is 14.3 Å². The van der Waals surface area contributed by atoms with Crippen molar-refractivity contribution in [1.82, 2.24) is 24.7 Å². The van der Waals surface area contributed by atoms with E-state index in [4.69, 9.17) is 9.47 Å². The molecule has 0 fully saturated rings. The number of hydrogen-bond acceptors (Lipinski definition) is 8. The van der Waals surface area contributed by atoms with E-state index in [0.717, 1.165) is 5.56 Å². The van der Waals surface area contributed by atoms with E-state index in [1.165, 1.54) is 18.9 Å². The smallest absolute Gasteiger partial charge is 0.337 e. The Labute approximate surface area is 187 Å². The van der Waals surface area contributed by atoms with E-state index in [-0.39, 0.29) is 5.56 Å². The molecule has 0 aliphatic carbocycles. The Hall–Kier alpha value is -3.66. The highest BCUT2D eigenvalue weighted by Crippen LogP contribution is 2.31.